The maximum absolute atomic E-state index is 13.6. The molecule has 2 aromatic rings. The third-order valence-electron chi connectivity index (χ3n) is 6.12. The second-order valence-electron chi connectivity index (χ2n) is 8.99. The third kappa shape index (κ3) is 8.14. The van der Waals surface area contributed by atoms with E-state index in [4.69, 9.17) is 15.2 Å². The van der Waals surface area contributed by atoms with Gasteiger partial charge in [0, 0.05) is 30.5 Å². The molecule has 0 aliphatic heterocycles. The molecule has 4 amide bonds. The molecule has 212 valence electrons. The fraction of sp³-hybridized carbons (Fsp3) is 0.286. The largest absolute Gasteiger partial charge is 0.497 e. The van der Waals surface area contributed by atoms with E-state index in [1.807, 2.05) is 0 Å². The molecule has 11 nitrogen and oxygen atoms in total. The van der Waals surface area contributed by atoms with Gasteiger partial charge in [0.15, 0.2) is 0 Å². The second kappa shape index (κ2) is 13.9. The van der Waals surface area contributed by atoms with Crippen LogP contribution in [0.3, 0.4) is 0 Å². The summed E-state index contributed by atoms with van der Waals surface area (Å²) in [6.07, 6.45) is -0.998. The summed E-state index contributed by atoms with van der Waals surface area (Å²) in [6.45, 7) is 3.58. The number of aliphatic hydroxyl groups excluding tert-OH is 1. The predicted molar refractivity (Wildman–Crippen MR) is 143 cm³/mol. The van der Waals surface area contributed by atoms with Gasteiger partial charge in [0.25, 0.3) is 5.91 Å². The minimum atomic E-state index is -1.45. The number of hydrogen-bond acceptors (Lipinski definition) is 7. The van der Waals surface area contributed by atoms with E-state index in [1.165, 1.54) is 37.5 Å². The number of carbonyl (C=O) groups excluding carboxylic acids is 4. The molecule has 12 heteroatoms. The van der Waals surface area contributed by atoms with Crippen LogP contribution in [0.5, 0.6) is 5.75 Å². The van der Waals surface area contributed by atoms with Gasteiger partial charge in [0.05, 0.1) is 13.2 Å². The smallest absolute Gasteiger partial charge is 0.407 e. The number of ether oxygens (including phenoxy) is 2. The first-order valence-corrected chi connectivity index (χ1v) is 12.3. The highest BCUT2D eigenvalue weighted by molar-refractivity contribution is 5.98. The molecule has 0 aromatic heterocycles. The molecule has 4 atom stereocenters. The lowest BCUT2D eigenvalue weighted by molar-refractivity contribution is -0.125. The van der Waals surface area contributed by atoms with Gasteiger partial charge in [-0.3, -0.25) is 14.4 Å². The zero-order valence-electron chi connectivity index (χ0n) is 21.8. The fourth-order valence-electron chi connectivity index (χ4n) is 4.03. The average Bonchev–Trinajstić information content (AvgIpc) is 2.93. The molecule has 0 bridgehead atoms. The summed E-state index contributed by atoms with van der Waals surface area (Å²) in [5.74, 6) is -2.25. The van der Waals surface area contributed by atoms with E-state index in [0.717, 1.165) is 6.07 Å². The lowest BCUT2D eigenvalue weighted by Crippen LogP contribution is -2.53. The lowest BCUT2D eigenvalue weighted by atomic mass is 9.89. The van der Waals surface area contributed by atoms with Crippen LogP contribution in [0, 0.1) is 5.82 Å². The number of rotatable bonds is 11. The van der Waals surface area contributed by atoms with Gasteiger partial charge in [-0.1, -0.05) is 30.4 Å². The van der Waals surface area contributed by atoms with Crippen molar-refractivity contribution >= 4 is 23.8 Å². The highest BCUT2D eigenvalue weighted by Gasteiger charge is 2.38. The Hall–Kier alpha value is -4.71. The van der Waals surface area contributed by atoms with E-state index in [2.05, 4.69) is 22.5 Å². The van der Waals surface area contributed by atoms with Crippen molar-refractivity contribution < 1.29 is 38.1 Å². The van der Waals surface area contributed by atoms with Gasteiger partial charge in [-0.25, -0.2) is 9.18 Å². The van der Waals surface area contributed by atoms with Crippen LogP contribution < -0.4 is 26.4 Å². The number of halogens is 1. The van der Waals surface area contributed by atoms with E-state index in [9.17, 15) is 28.7 Å². The van der Waals surface area contributed by atoms with Gasteiger partial charge < -0.3 is 36.3 Å². The number of primary amides is 1. The van der Waals surface area contributed by atoms with Crippen LogP contribution in [-0.2, 0) is 20.7 Å². The number of methoxy groups -OCH3 is 1. The molecule has 0 saturated heterocycles. The van der Waals surface area contributed by atoms with Gasteiger partial charge >= 0.3 is 6.09 Å². The Kier molecular flexibility index (Phi) is 10.4. The van der Waals surface area contributed by atoms with Crippen molar-refractivity contribution in [3.05, 3.63) is 89.8 Å². The first-order chi connectivity index (χ1) is 19.1. The second-order valence-corrected chi connectivity index (χ2v) is 8.99. The van der Waals surface area contributed by atoms with Crippen LogP contribution in [-0.4, -0.2) is 66.9 Å². The number of nitrogens with two attached hydrogens (primary N) is 1. The first-order valence-electron chi connectivity index (χ1n) is 12.3. The Labute approximate surface area is 230 Å². The van der Waals surface area contributed by atoms with Gasteiger partial charge in [-0.05, 0) is 35.9 Å². The van der Waals surface area contributed by atoms with Crippen molar-refractivity contribution in [2.45, 2.75) is 37.1 Å². The standard InChI is InChI=1S/C28H31FN4O7/c1-3-11-31-28(38)40-23-15-18(14-21(24(23)34)32-26(36)17-5-4-6-19(29)13-17)27(37)33-22(25(30)35)12-16-7-9-20(39-2)10-8-16/h3-10,13-14,21-24,34H,1,11-12,15H2,2H3,(H2,30,35)(H,31,38)(H,32,36)(H,33,37). The average molecular weight is 555 g/mol. The molecule has 1 aliphatic rings. The van der Waals surface area contributed by atoms with Crippen molar-refractivity contribution in [3.8, 4) is 5.75 Å². The zero-order chi connectivity index (χ0) is 29.2. The molecule has 0 spiro atoms. The Morgan fingerprint density at radius 3 is 2.52 bits per heavy atom. The Bertz CT molecular complexity index is 1280. The van der Waals surface area contributed by atoms with Crippen LogP contribution in [0.4, 0.5) is 9.18 Å². The molecule has 3 rings (SSSR count). The minimum absolute atomic E-state index is 0.0216. The van der Waals surface area contributed by atoms with Gasteiger partial charge in [0.2, 0.25) is 11.8 Å². The highest BCUT2D eigenvalue weighted by Crippen LogP contribution is 2.24. The summed E-state index contributed by atoms with van der Waals surface area (Å²) in [6, 6.07) is 9.45. The summed E-state index contributed by atoms with van der Waals surface area (Å²) in [5.41, 5.74) is 6.25. The van der Waals surface area contributed by atoms with Crippen molar-refractivity contribution in [1.82, 2.24) is 16.0 Å². The normalized spacial score (nSPS) is 18.9. The molecule has 4 unspecified atom stereocenters. The summed E-state index contributed by atoms with van der Waals surface area (Å²) in [4.78, 5) is 50.3. The monoisotopic (exact) mass is 554 g/mol. The van der Waals surface area contributed by atoms with Crippen LogP contribution in [0.15, 0.2) is 72.8 Å². The molecule has 6 N–H and O–H groups in total. The molecule has 0 radical (unpaired) electrons. The Balaban J connectivity index is 1.82. The third-order valence-corrected chi connectivity index (χ3v) is 6.12. The van der Waals surface area contributed by atoms with Crippen molar-refractivity contribution in [1.29, 1.82) is 0 Å². The number of hydrogen-bond donors (Lipinski definition) is 5. The number of carbonyl (C=O) groups is 4. The minimum Gasteiger partial charge on any atom is -0.497 e. The van der Waals surface area contributed by atoms with Gasteiger partial charge in [0.1, 0.15) is 29.8 Å². The van der Waals surface area contributed by atoms with E-state index in [1.54, 1.807) is 24.3 Å². The summed E-state index contributed by atoms with van der Waals surface area (Å²) >= 11 is 0. The predicted octanol–water partition coefficient (Wildman–Crippen LogP) is 1.12. The number of alkyl carbamates (subject to hydrolysis) is 1. The maximum atomic E-state index is 13.6. The molecule has 0 fully saturated rings. The summed E-state index contributed by atoms with van der Waals surface area (Å²) in [5, 5.41) is 18.4. The van der Waals surface area contributed by atoms with Crippen molar-refractivity contribution in [3.63, 3.8) is 0 Å². The fourth-order valence-corrected chi connectivity index (χ4v) is 4.03. The Morgan fingerprint density at radius 1 is 1.18 bits per heavy atom. The number of aliphatic hydroxyl groups is 1. The number of nitrogens with one attached hydrogen (secondary N) is 3. The topological polar surface area (TPSA) is 169 Å². The zero-order valence-corrected chi connectivity index (χ0v) is 21.8. The summed E-state index contributed by atoms with van der Waals surface area (Å²) in [7, 11) is 1.52. The van der Waals surface area contributed by atoms with Crippen molar-refractivity contribution in [2.75, 3.05) is 13.7 Å². The number of benzene rings is 2. The van der Waals surface area contributed by atoms with E-state index in [0.29, 0.717) is 11.3 Å². The summed E-state index contributed by atoms with van der Waals surface area (Å²) < 4.78 is 24.1. The molecule has 40 heavy (non-hydrogen) atoms. The molecular formula is C28H31FN4O7. The Morgan fingerprint density at radius 2 is 1.90 bits per heavy atom. The maximum Gasteiger partial charge on any atom is 0.407 e. The SMILES string of the molecule is C=CCNC(=O)OC1CC(C(=O)NC(Cc2ccc(OC)cc2)C(N)=O)=CC(NC(=O)c2cccc(F)c2)C1O. The van der Waals surface area contributed by atoms with Crippen molar-refractivity contribution in [2.24, 2.45) is 5.73 Å². The first kappa shape index (κ1) is 29.8. The van der Waals surface area contributed by atoms with Crippen LogP contribution >= 0.6 is 0 Å². The van der Waals surface area contributed by atoms with E-state index in [-0.39, 0.29) is 30.5 Å². The number of amides is 4. The lowest BCUT2D eigenvalue weighted by Gasteiger charge is -2.33. The van der Waals surface area contributed by atoms with Crippen LogP contribution in [0.25, 0.3) is 0 Å². The van der Waals surface area contributed by atoms with Crippen LogP contribution in [0.1, 0.15) is 22.3 Å². The van der Waals surface area contributed by atoms with Gasteiger partial charge in [-0.15, -0.1) is 6.58 Å². The molecule has 1 aliphatic carbocycles. The quantitative estimate of drug-likeness (QED) is 0.259. The molecular weight excluding hydrogens is 523 g/mol. The molecule has 2 aromatic carbocycles. The van der Waals surface area contributed by atoms with E-state index >= 15 is 0 Å². The van der Waals surface area contributed by atoms with Gasteiger partial charge in [-0.2, -0.15) is 0 Å². The highest BCUT2D eigenvalue weighted by atomic mass is 19.1. The van der Waals surface area contributed by atoms with Crippen LogP contribution in [0.2, 0.25) is 0 Å². The molecule has 0 saturated carbocycles. The van der Waals surface area contributed by atoms with E-state index < -0.39 is 53.9 Å². The molecule has 0 heterocycles.